The first kappa shape index (κ1) is 25.1. The number of esters is 1. The Hall–Kier alpha value is -1.94. The summed E-state index contributed by atoms with van der Waals surface area (Å²) in [6, 6.07) is 9.26. The molecule has 0 heterocycles. The largest absolute Gasteiger partial charge is 0.481 e. The van der Waals surface area contributed by atoms with E-state index in [0.29, 0.717) is 0 Å². The highest BCUT2D eigenvalue weighted by molar-refractivity contribution is 7.90. The number of benzene rings is 1. The summed E-state index contributed by atoms with van der Waals surface area (Å²) >= 11 is 0. The zero-order valence-corrected chi connectivity index (χ0v) is 17.4. The minimum absolute atomic E-state index is 0.174. The van der Waals surface area contributed by atoms with E-state index in [2.05, 4.69) is 0 Å². The lowest BCUT2D eigenvalue weighted by molar-refractivity contribution is -0.148. The van der Waals surface area contributed by atoms with Gasteiger partial charge in [-0.25, -0.2) is 16.8 Å². The predicted octanol–water partition coefficient (Wildman–Crippen LogP) is 1.16. The van der Waals surface area contributed by atoms with E-state index >= 15 is 0 Å². The maximum atomic E-state index is 11.5. The van der Waals surface area contributed by atoms with Crippen LogP contribution in [-0.2, 0) is 40.6 Å². The van der Waals surface area contributed by atoms with E-state index in [0.717, 1.165) is 18.1 Å². The van der Waals surface area contributed by atoms with Gasteiger partial charge in [-0.3, -0.25) is 9.59 Å². The normalized spacial score (nSPS) is 13.6. The van der Waals surface area contributed by atoms with Crippen molar-refractivity contribution in [1.82, 2.24) is 0 Å². The number of ether oxygens (including phenoxy) is 1. The second-order valence-corrected chi connectivity index (χ2v) is 10.8. The number of carbonyl (C=O) groups excluding carboxylic acids is 1. The Morgan fingerprint density at radius 1 is 0.926 bits per heavy atom. The average Bonchev–Trinajstić information content (AvgIpc) is 2.51. The number of carbonyl (C=O) groups is 2. The number of hydrogen-bond acceptors (Lipinski definition) is 7. The highest BCUT2D eigenvalue weighted by Crippen LogP contribution is 2.06. The number of sulfone groups is 2. The molecule has 27 heavy (non-hydrogen) atoms. The van der Waals surface area contributed by atoms with E-state index in [1.54, 1.807) is 6.92 Å². The first-order chi connectivity index (χ1) is 12.2. The van der Waals surface area contributed by atoms with Crippen LogP contribution in [0.2, 0.25) is 0 Å². The van der Waals surface area contributed by atoms with Crippen LogP contribution < -0.4 is 0 Å². The van der Waals surface area contributed by atoms with Gasteiger partial charge >= 0.3 is 11.9 Å². The van der Waals surface area contributed by atoms with Crippen LogP contribution in [0.25, 0.3) is 0 Å². The standard InChI is InChI=1S/C12H16O4S.C5H10O4S/c1-10(9-17(2,14)15)12(13)16-8-11-6-4-3-5-7-11;1-4(5(6)7)3-10(2,8)9/h3-7,10H,8-9H2,1-2H3;4H,3H2,1-2H3,(H,6,7). The summed E-state index contributed by atoms with van der Waals surface area (Å²) in [5, 5.41) is 8.28. The molecule has 2 atom stereocenters. The van der Waals surface area contributed by atoms with Crippen LogP contribution in [0.5, 0.6) is 0 Å². The summed E-state index contributed by atoms with van der Waals surface area (Å²) in [5.41, 5.74) is 0.882. The summed E-state index contributed by atoms with van der Waals surface area (Å²) in [4.78, 5) is 21.6. The van der Waals surface area contributed by atoms with Gasteiger partial charge in [0.1, 0.15) is 26.3 Å². The van der Waals surface area contributed by atoms with E-state index in [-0.39, 0.29) is 18.1 Å². The predicted molar refractivity (Wildman–Crippen MR) is 102 cm³/mol. The molecule has 0 saturated carbocycles. The van der Waals surface area contributed by atoms with Gasteiger partial charge in [0.2, 0.25) is 0 Å². The van der Waals surface area contributed by atoms with E-state index in [1.165, 1.54) is 6.92 Å². The Kier molecular flexibility index (Phi) is 10.2. The zero-order valence-electron chi connectivity index (χ0n) is 15.8. The minimum atomic E-state index is -3.15. The van der Waals surface area contributed by atoms with Crippen molar-refractivity contribution in [2.45, 2.75) is 20.5 Å². The molecule has 1 aromatic carbocycles. The van der Waals surface area contributed by atoms with E-state index in [4.69, 9.17) is 9.84 Å². The van der Waals surface area contributed by atoms with Gasteiger partial charge in [-0.1, -0.05) is 44.2 Å². The van der Waals surface area contributed by atoms with Crippen LogP contribution in [-0.4, -0.2) is 57.9 Å². The highest BCUT2D eigenvalue weighted by Gasteiger charge is 2.19. The molecule has 0 amide bonds. The Labute approximate surface area is 160 Å². The third-order valence-corrected chi connectivity index (χ3v) is 5.36. The fourth-order valence-corrected chi connectivity index (χ4v) is 4.01. The van der Waals surface area contributed by atoms with Crippen LogP contribution in [0.1, 0.15) is 19.4 Å². The number of carboxylic acid groups (broad SMARTS) is 1. The van der Waals surface area contributed by atoms with Crippen molar-refractivity contribution < 1.29 is 36.3 Å². The van der Waals surface area contributed by atoms with Gasteiger partial charge in [-0.2, -0.15) is 0 Å². The van der Waals surface area contributed by atoms with Gasteiger partial charge < -0.3 is 9.84 Å². The first-order valence-electron chi connectivity index (χ1n) is 8.00. The molecule has 1 aromatic rings. The molecule has 154 valence electrons. The third-order valence-electron chi connectivity index (χ3n) is 3.15. The highest BCUT2D eigenvalue weighted by atomic mass is 32.2. The number of rotatable bonds is 8. The molecule has 0 spiro atoms. The van der Waals surface area contributed by atoms with Crippen molar-refractivity contribution in [3.8, 4) is 0 Å². The fraction of sp³-hybridized carbons (Fsp3) is 0.529. The van der Waals surface area contributed by atoms with E-state index < -0.39 is 43.4 Å². The Morgan fingerprint density at radius 2 is 1.37 bits per heavy atom. The Morgan fingerprint density at radius 3 is 1.74 bits per heavy atom. The molecule has 0 saturated heterocycles. The lowest BCUT2D eigenvalue weighted by Crippen LogP contribution is -2.22. The number of aliphatic carboxylic acids is 1. The van der Waals surface area contributed by atoms with E-state index in [9.17, 15) is 26.4 Å². The van der Waals surface area contributed by atoms with Gasteiger partial charge in [0.15, 0.2) is 0 Å². The van der Waals surface area contributed by atoms with Crippen LogP contribution in [0.15, 0.2) is 30.3 Å². The second-order valence-electron chi connectivity index (χ2n) is 6.42. The summed E-state index contributed by atoms with van der Waals surface area (Å²) in [7, 11) is -6.30. The van der Waals surface area contributed by atoms with E-state index in [1.807, 2.05) is 30.3 Å². The fourth-order valence-electron chi connectivity index (χ4n) is 1.92. The Bertz CT molecular complexity index is 814. The summed E-state index contributed by atoms with van der Waals surface area (Å²) < 4.78 is 48.0. The number of hydrogen-bond donors (Lipinski definition) is 1. The molecule has 2 unspecified atom stereocenters. The molecule has 0 radical (unpaired) electrons. The molecule has 0 aliphatic carbocycles. The van der Waals surface area contributed by atoms with Crippen molar-refractivity contribution in [2.24, 2.45) is 11.8 Å². The molecule has 0 bridgehead atoms. The van der Waals surface area contributed by atoms with Gasteiger partial charge in [0, 0.05) is 12.5 Å². The van der Waals surface area contributed by atoms with Crippen molar-refractivity contribution in [3.63, 3.8) is 0 Å². The lowest BCUT2D eigenvalue weighted by atomic mass is 10.2. The maximum Gasteiger partial charge on any atom is 0.310 e. The second kappa shape index (κ2) is 11.0. The van der Waals surface area contributed by atoms with Crippen molar-refractivity contribution in [3.05, 3.63) is 35.9 Å². The molecular formula is C17H26O8S2. The van der Waals surface area contributed by atoms with Gasteiger partial charge in [-0.15, -0.1) is 0 Å². The van der Waals surface area contributed by atoms with Gasteiger partial charge in [0.05, 0.1) is 23.3 Å². The summed E-state index contributed by atoms with van der Waals surface area (Å²) in [6.07, 6.45) is 2.13. The van der Waals surface area contributed by atoms with Crippen molar-refractivity contribution in [1.29, 1.82) is 0 Å². The lowest BCUT2D eigenvalue weighted by Gasteiger charge is -2.10. The topological polar surface area (TPSA) is 132 Å². The van der Waals surface area contributed by atoms with Crippen molar-refractivity contribution >= 4 is 31.6 Å². The molecule has 1 N–H and O–H groups in total. The molecule has 10 heteroatoms. The molecule has 1 rings (SSSR count). The molecule has 8 nitrogen and oxygen atoms in total. The van der Waals surface area contributed by atoms with Crippen LogP contribution >= 0.6 is 0 Å². The zero-order chi connectivity index (χ0) is 21.3. The SMILES string of the molecule is CC(CS(C)(=O)=O)C(=O)O.CC(CS(C)(=O)=O)C(=O)OCc1ccccc1. The first-order valence-corrected chi connectivity index (χ1v) is 12.1. The minimum Gasteiger partial charge on any atom is -0.481 e. The average molecular weight is 423 g/mol. The van der Waals surface area contributed by atoms with Crippen LogP contribution in [0, 0.1) is 11.8 Å². The van der Waals surface area contributed by atoms with Gasteiger partial charge in [-0.05, 0) is 5.56 Å². The van der Waals surface area contributed by atoms with Gasteiger partial charge in [0.25, 0.3) is 0 Å². The van der Waals surface area contributed by atoms with Crippen LogP contribution in [0.3, 0.4) is 0 Å². The maximum absolute atomic E-state index is 11.5. The monoisotopic (exact) mass is 422 g/mol. The van der Waals surface area contributed by atoms with Crippen molar-refractivity contribution in [2.75, 3.05) is 24.0 Å². The van der Waals surface area contributed by atoms with Crippen LogP contribution in [0.4, 0.5) is 0 Å². The molecular weight excluding hydrogens is 396 g/mol. The summed E-state index contributed by atoms with van der Waals surface area (Å²) in [5.74, 6) is -3.48. The molecule has 0 aromatic heterocycles. The Balaban J connectivity index is 0.000000580. The molecule has 0 aliphatic rings. The summed E-state index contributed by atoms with van der Waals surface area (Å²) in [6.45, 7) is 3.09. The molecule has 0 aliphatic heterocycles. The third kappa shape index (κ3) is 13.9. The number of carboxylic acids is 1. The quantitative estimate of drug-likeness (QED) is 0.617. The smallest absolute Gasteiger partial charge is 0.310 e. The molecule has 0 fully saturated rings.